The average Bonchev–Trinajstić information content (AvgIpc) is 2.67. The van der Waals surface area contributed by atoms with E-state index in [0.717, 1.165) is 13.0 Å². The van der Waals surface area contributed by atoms with Crippen molar-refractivity contribution < 1.29 is 4.79 Å². The van der Waals surface area contributed by atoms with E-state index in [4.69, 9.17) is 0 Å². The minimum Gasteiger partial charge on any atom is -0.353 e. The van der Waals surface area contributed by atoms with E-state index in [0.29, 0.717) is 12.0 Å². The second-order valence-corrected chi connectivity index (χ2v) is 3.79. The van der Waals surface area contributed by atoms with Crippen LogP contribution in [-0.4, -0.2) is 25.5 Å². The van der Waals surface area contributed by atoms with Gasteiger partial charge in [-0.15, -0.1) is 0 Å². The van der Waals surface area contributed by atoms with E-state index in [2.05, 4.69) is 17.6 Å². The zero-order chi connectivity index (χ0) is 9.14. The van der Waals surface area contributed by atoms with Gasteiger partial charge in [0.2, 0.25) is 5.91 Å². The van der Waals surface area contributed by atoms with E-state index in [1.165, 1.54) is 0 Å². The predicted molar refractivity (Wildman–Crippen MR) is 48.8 cm³/mol. The SMILES string of the molecule is CNCC(C)C(=O)NC1CC1C. The van der Waals surface area contributed by atoms with Crippen LogP contribution in [0.3, 0.4) is 0 Å². The van der Waals surface area contributed by atoms with Gasteiger partial charge in [0.05, 0.1) is 0 Å². The molecule has 1 aliphatic carbocycles. The topological polar surface area (TPSA) is 41.1 Å². The molecule has 0 saturated heterocycles. The number of carbonyl (C=O) groups is 1. The van der Waals surface area contributed by atoms with Crippen LogP contribution < -0.4 is 10.6 Å². The van der Waals surface area contributed by atoms with Crippen molar-refractivity contribution in [1.82, 2.24) is 10.6 Å². The molecule has 1 rings (SSSR count). The minimum absolute atomic E-state index is 0.0859. The summed E-state index contributed by atoms with van der Waals surface area (Å²) in [5.41, 5.74) is 0. The molecule has 0 spiro atoms. The van der Waals surface area contributed by atoms with Crippen molar-refractivity contribution in [1.29, 1.82) is 0 Å². The summed E-state index contributed by atoms with van der Waals surface area (Å²) in [5, 5.41) is 6.00. The van der Waals surface area contributed by atoms with Crippen LogP contribution in [-0.2, 0) is 4.79 Å². The normalized spacial score (nSPS) is 29.6. The summed E-state index contributed by atoms with van der Waals surface area (Å²) in [5.74, 6) is 0.956. The van der Waals surface area contributed by atoms with E-state index in [-0.39, 0.29) is 11.8 Å². The van der Waals surface area contributed by atoms with Crippen LogP contribution in [0.1, 0.15) is 20.3 Å². The zero-order valence-electron chi connectivity index (χ0n) is 8.05. The fourth-order valence-corrected chi connectivity index (χ4v) is 1.25. The lowest BCUT2D eigenvalue weighted by atomic mass is 10.1. The average molecular weight is 170 g/mol. The lowest BCUT2D eigenvalue weighted by Gasteiger charge is -2.10. The van der Waals surface area contributed by atoms with Gasteiger partial charge in [-0.25, -0.2) is 0 Å². The molecule has 3 heteroatoms. The first-order valence-electron chi connectivity index (χ1n) is 4.60. The quantitative estimate of drug-likeness (QED) is 0.640. The molecule has 0 radical (unpaired) electrons. The molecule has 12 heavy (non-hydrogen) atoms. The Bertz CT molecular complexity index is 170. The van der Waals surface area contributed by atoms with Crippen molar-refractivity contribution in [3.05, 3.63) is 0 Å². The Labute approximate surface area is 73.9 Å². The van der Waals surface area contributed by atoms with Crippen LogP contribution in [0.25, 0.3) is 0 Å². The van der Waals surface area contributed by atoms with Gasteiger partial charge in [0.1, 0.15) is 0 Å². The molecule has 0 aliphatic heterocycles. The molecule has 0 bridgehead atoms. The highest BCUT2D eigenvalue weighted by Crippen LogP contribution is 2.29. The number of rotatable bonds is 4. The third-order valence-corrected chi connectivity index (χ3v) is 2.40. The summed E-state index contributed by atoms with van der Waals surface area (Å²) in [6, 6.07) is 0.455. The smallest absolute Gasteiger partial charge is 0.224 e. The third-order valence-electron chi connectivity index (χ3n) is 2.40. The molecule has 3 atom stereocenters. The van der Waals surface area contributed by atoms with Crippen LogP contribution in [0.4, 0.5) is 0 Å². The highest BCUT2D eigenvalue weighted by atomic mass is 16.2. The highest BCUT2D eigenvalue weighted by Gasteiger charge is 2.34. The van der Waals surface area contributed by atoms with E-state index in [1.54, 1.807) is 0 Å². The molecule has 3 nitrogen and oxygen atoms in total. The van der Waals surface area contributed by atoms with Crippen LogP contribution >= 0.6 is 0 Å². The molecule has 3 unspecified atom stereocenters. The van der Waals surface area contributed by atoms with E-state index in [9.17, 15) is 4.79 Å². The van der Waals surface area contributed by atoms with Gasteiger partial charge in [-0.2, -0.15) is 0 Å². The number of hydrogen-bond acceptors (Lipinski definition) is 2. The fraction of sp³-hybridized carbons (Fsp3) is 0.889. The maximum absolute atomic E-state index is 11.4. The van der Waals surface area contributed by atoms with E-state index >= 15 is 0 Å². The van der Waals surface area contributed by atoms with Crippen molar-refractivity contribution in [2.24, 2.45) is 11.8 Å². The Kier molecular flexibility index (Phi) is 3.09. The first-order valence-corrected chi connectivity index (χ1v) is 4.60. The van der Waals surface area contributed by atoms with Gasteiger partial charge < -0.3 is 10.6 Å². The van der Waals surface area contributed by atoms with E-state index in [1.807, 2.05) is 14.0 Å². The Balaban J connectivity index is 2.18. The van der Waals surface area contributed by atoms with Crippen LogP contribution in [0.15, 0.2) is 0 Å². The summed E-state index contributed by atoms with van der Waals surface area (Å²) >= 11 is 0. The number of carbonyl (C=O) groups excluding carboxylic acids is 1. The summed E-state index contributed by atoms with van der Waals surface area (Å²) in [7, 11) is 1.86. The van der Waals surface area contributed by atoms with E-state index < -0.39 is 0 Å². The Morgan fingerprint density at radius 3 is 2.67 bits per heavy atom. The maximum atomic E-state index is 11.4. The fourth-order valence-electron chi connectivity index (χ4n) is 1.25. The Morgan fingerprint density at radius 1 is 1.67 bits per heavy atom. The molecule has 1 amide bonds. The van der Waals surface area contributed by atoms with Gasteiger partial charge in [0.25, 0.3) is 0 Å². The molecule has 2 N–H and O–H groups in total. The van der Waals surface area contributed by atoms with Gasteiger partial charge in [0, 0.05) is 18.5 Å². The summed E-state index contributed by atoms with van der Waals surface area (Å²) in [6.45, 7) is 4.86. The van der Waals surface area contributed by atoms with Crippen LogP contribution in [0.5, 0.6) is 0 Å². The van der Waals surface area contributed by atoms with Crippen molar-refractivity contribution in [3.63, 3.8) is 0 Å². The van der Waals surface area contributed by atoms with Gasteiger partial charge in [-0.3, -0.25) is 4.79 Å². The molecule has 0 aromatic carbocycles. The van der Waals surface area contributed by atoms with Gasteiger partial charge in [0.15, 0.2) is 0 Å². The van der Waals surface area contributed by atoms with Crippen molar-refractivity contribution >= 4 is 5.91 Å². The first kappa shape index (κ1) is 9.52. The number of amides is 1. The second kappa shape index (κ2) is 3.90. The first-order chi connectivity index (χ1) is 5.65. The number of nitrogens with one attached hydrogen (secondary N) is 2. The third kappa shape index (κ3) is 2.48. The zero-order valence-corrected chi connectivity index (χ0v) is 8.05. The predicted octanol–water partition coefficient (Wildman–Crippen LogP) is 0.366. The van der Waals surface area contributed by atoms with Gasteiger partial charge >= 0.3 is 0 Å². The Morgan fingerprint density at radius 2 is 2.25 bits per heavy atom. The molecule has 1 aliphatic rings. The molecule has 70 valence electrons. The summed E-state index contributed by atoms with van der Waals surface area (Å²) in [4.78, 5) is 11.4. The second-order valence-electron chi connectivity index (χ2n) is 3.79. The minimum atomic E-state index is 0.0859. The molecule has 1 saturated carbocycles. The van der Waals surface area contributed by atoms with Gasteiger partial charge in [-0.1, -0.05) is 13.8 Å². The standard InChI is InChI=1S/C9H18N2O/c1-6-4-8(6)11-9(12)7(2)5-10-3/h6-8,10H,4-5H2,1-3H3,(H,11,12). The molecular formula is C9H18N2O. The highest BCUT2D eigenvalue weighted by molar-refractivity contribution is 5.79. The summed E-state index contributed by atoms with van der Waals surface area (Å²) in [6.07, 6.45) is 1.15. The molecule has 0 heterocycles. The van der Waals surface area contributed by atoms with Crippen molar-refractivity contribution in [2.45, 2.75) is 26.3 Å². The molecule has 0 aromatic heterocycles. The number of hydrogen-bond donors (Lipinski definition) is 2. The van der Waals surface area contributed by atoms with Gasteiger partial charge in [-0.05, 0) is 19.4 Å². The van der Waals surface area contributed by atoms with Crippen molar-refractivity contribution in [3.8, 4) is 0 Å². The lowest BCUT2D eigenvalue weighted by Crippen LogP contribution is -2.36. The van der Waals surface area contributed by atoms with Crippen LogP contribution in [0, 0.1) is 11.8 Å². The molecular weight excluding hydrogens is 152 g/mol. The summed E-state index contributed by atoms with van der Waals surface area (Å²) < 4.78 is 0. The van der Waals surface area contributed by atoms with Crippen LogP contribution in [0.2, 0.25) is 0 Å². The molecule has 0 aromatic rings. The largest absolute Gasteiger partial charge is 0.353 e. The van der Waals surface area contributed by atoms with Crippen molar-refractivity contribution in [2.75, 3.05) is 13.6 Å². The molecule has 1 fully saturated rings. The maximum Gasteiger partial charge on any atom is 0.224 e. The lowest BCUT2D eigenvalue weighted by molar-refractivity contribution is -0.124. The Hall–Kier alpha value is -0.570. The monoisotopic (exact) mass is 170 g/mol.